The molecule has 1 aliphatic rings. The highest BCUT2D eigenvalue weighted by atomic mass is 32.1. The number of guanidine groups is 2. The van der Waals surface area contributed by atoms with Gasteiger partial charge in [0.15, 0.2) is 11.1 Å². The minimum Gasteiger partial charge on any atom is -0.370 e. The van der Waals surface area contributed by atoms with Crippen molar-refractivity contribution in [1.29, 1.82) is 10.7 Å². The monoisotopic (exact) mass is 362 g/mol. The predicted octanol–water partition coefficient (Wildman–Crippen LogP) is 2.20. The summed E-state index contributed by atoms with van der Waals surface area (Å²) in [6, 6.07) is 0.455. The number of hydrogen-bond donors (Lipinski definition) is 4. The van der Waals surface area contributed by atoms with Crippen molar-refractivity contribution >= 4 is 28.4 Å². The van der Waals surface area contributed by atoms with Crippen LogP contribution in [-0.2, 0) is 6.42 Å². The van der Waals surface area contributed by atoms with Crippen molar-refractivity contribution in [2.45, 2.75) is 64.0 Å². The first kappa shape index (κ1) is 19.0. The Kier molecular flexibility index (Phi) is 7.01. The standard InChI is InChI=1S/C16H26N8S/c1-2-12(8-11-9-25-16(22-11)23-14(18)19)24(15(20)21-10-17)13-6-4-3-5-7-13/h9,12-13H,2-8H2,1H3,(H2,20,21)(H4,18,19,22,23). The lowest BCUT2D eigenvalue weighted by atomic mass is 9.92. The predicted molar refractivity (Wildman–Crippen MR) is 101 cm³/mol. The average molecular weight is 363 g/mol. The largest absolute Gasteiger partial charge is 0.370 e. The van der Waals surface area contributed by atoms with Crippen LogP contribution in [0.3, 0.4) is 0 Å². The van der Waals surface area contributed by atoms with E-state index in [2.05, 4.69) is 27.1 Å². The van der Waals surface area contributed by atoms with Crippen molar-refractivity contribution in [2.24, 2.45) is 16.5 Å². The number of nitriles is 1. The van der Waals surface area contributed by atoms with Crippen molar-refractivity contribution in [1.82, 2.24) is 9.88 Å². The molecule has 1 fully saturated rings. The molecule has 0 saturated heterocycles. The first-order valence-corrected chi connectivity index (χ1v) is 9.49. The zero-order chi connectivity index (χ0) is 18.2. The maximum Gasteiger partial charge on any atom is 0.209 e. The molecule has 0 bridgehead atoms. The Morgan fingerprint density at radius 2 is 2.24 bits per heavy atom. The molecule has 6 N–H and O–H groups in total. The van der Waals surface area contributed by atoms with Crippen LogP contribution in [0.25, 0.3) is 0 Å². The molecule has 0 radical (unpaired) electrons. The van der Waals surface area contributed by atoms with E-state index in [0.29, 0.717) is 23.6 Å². The molecule has 9 heteroatoms. The van der Waals surface area contributed by atoms with E-state index in [1.165, 1.54) is 30.6 Å². The summed E-state index contributed by atoms with van der Waals surface area (Å²) in [4.78, 5) is 10.4. The van der Waals surface area contributed by atoms with Gasteiger partial charge >= 0.3 is 0 Å². The highest BCUT2D eigenvalue weighted by Crippen LogP contribution is 2.27. The van der Waals surface area contributed by atoms with E-state index in [4.69, 9.17) is 22.1 Å². The first-order chi connectivity index (χ1) is 12.0. The molecule has 1 saturated carbocycles. The minimum absolute atomic E-state index is 0.123. The normalized spacial score (nSPS) is 16.9. The molecule has 1 aromatic rings. The molecule has 1 aliphatic carbocycles. The van der Waals surface area contributed by atoms with Gasteiger partial charge in [-0.1, -0.05) is 26.2 Å². The number of thiazole rings is 1. The van der Waals surface area contributed by atoms with Crippen LogP contribution < -0.4 is 16.8 Å². The van der Waals surface area contributed by atoms with Crippen molar-refractivity contribution in [3.8, 4) is 6.19 Å². The van der Waals surface area contributed by atoms with Crippen LogP contribution in [0.2, 0.25) is 0 Å². The number of aromatic nitrogens is 1. The van der Waals surface area contributed by atoms with Gasteiger partial charge in [0, 0.05) is 23.9 Å². The third-order valence-electron chi connectivity index (χ3n) is 4.50. The second kappa shape index (κ2) is 9.22. The highest BCUT2D eigenvalue weighted by molar-refractivity contribution is 7.13. The number of aliphatic imine (C=N–C) groups is 1. The van der Waals surface area contributed by atoms with Crippen LogP contribution >= 0.6 is 11.3 Å². The maximum absolute atomic E-state index is 8.92. The van der Waals surface area contributed by atoms with E-state index in [1.54, 1.807) is 0 Å². The van der Waals surface area contributed by atoms with Gasteiger partial charge in [0.2, 0.25) is 12.2 Å². The van der Waals surface area contributed by atoms with Gasteiger partial charge in [0.25, 0.3) is 0 Å². The summed E-state index contributed by atoms with van der Waals surface area (Å²) < 4.78 is 0. The van der Waals surface area contributed by atoms with Crippen molar-refractivity contribution in [3.05, 3.63) is 11.1 Å². The molecule has 1 aromatic heterocycles. The Morgan fingerprint density at radius 3 is 2.84 bits per heavy atom. The van der Waals surface area contributed by atoms with E-state index >= 15 is 0 Å². The van der Waals surface area contributed by atoms with Crippen molar-refractivity contribution in [2.75, 3.05) is 5.32 Å². The topological polar surface area (TPSA) is 140 Å². The molecule has 1 heterocycles. The lowest BCUT2D eigenvalue weighted by Crippen LogP contribution is -2.52. The fraction of sp³-hybridized carbons (Fsp3) is 0.625. The van der Waals surface area contributed by atoms with Crippen LogP contribution in [0.15, 0.2) is 10.4 Å². The summed E-state index contributed by atoms with van der Waals surface area (Å²) >= 11 is 1.42. The molecule has 0 aromatic carbocycles. The minimum atomic E-state index is -0.123. The molecule has 0 amide bonds. The average Bonchev–Trinajstić information content (AvgIpc) is 3.01. The Balaban J connectivity index is 2.17. The third-order valence-corrected chi connectivity index (χ3v) is 5.31. The lowest BCUT2D eigenvalue weighted by molar-refractivity contribution is 0.181. The molecule has 1 unspecified atom stereocenters. The van der Waals surface area contributed by atoms with Crippen molar-refractivity contribution in [3.63, 3.8) is 0 Å². The molecular formula is C16H26N8S. The molecule has 8 nitrogen and oxygen atoms in total. The summed E-state index contributed by atoms with van der Waals surface area (Å²) in [6.45, 7) is 2.11. The van der Waals surface area contributed by atoms with Gasteiger partial charge < -0.3 is 21.7 Å². The Labute approximate surface area is 152 Å². The van der Waals surface area contributed by atoms with Gasteiger partial charge in [-0.25, -0.2) is 4.98 Å². The van der Waals surface area contributed by atoms with Crippen LogP contribution in [0.5, 0.6) is 0 Å². The Hall–Kier alpha value is -2.34. The van der Waals surface area contributed by atoms with Crippen LogP contribution in [0.4, 0.5) is 5.13 Å². The van der Waals surface area contributed by atoms with Crippen LogP contribution in [0, 0.1) is 16.9 Å². The van der Waals surface area contributed by atoms with E-state index in [-0.39, 0.29) is 12.0 Å². The number of nitrogens with zero attached hydrogens (tertiary/aromatic N) is 4. The maximum atomic E-state index is 8.92. The van der Waals surface area contributed by atoms with Gasteiger partial charge in [-0.15, -0.1) is 16.3 Å². The first-order valence-electron chi connectivity index (χ1n) is 8.61. The number of hydrogen-bond acceptors (Lipinski definition) is 5. The fourth-order valence-corrected chi connectivity index (χ4v) is 4.13. The van der Waals surface area contributed by atoms with E-state index in [1.807, 2.05) is 11.6 Å². The second-order valence-corrected chi connectivity index (χ2v) is 7.08. The summed E-state index contributed by atoms with van der Waals surface area (Å²) in [7, 11) is 0. The van der Waals surface area contributed by atoms with Crippen LogP contribution in [0.1, 0.15) is 51.1 Å². The zero-order valence-corrected chi connectivity index (χ0v) is 15.4. The smallest absolute Gasteiger partial charge is 0.209 e. The Morgan fingerprint density at radius 1 is 1.52 bits per heavy atom. The van der Waals surface area contributed by atoms with E-state index in [9.17, 15) is 0 Å². The number of rotatable bonds is 6. The third kappa shape index (κ3) is 5.32. The van der Waals surface area contributed by atoms with Gasteiger partial charge in [0.1, 0.15) is 0 Å². The van der Waals surface area contributed by atoms with E-state index in [0.717, 1.165) is 25.0 Å². The van der Waals surface area contributed by atoms with Crippen LogP contribution in [-0.4, -0.2) is 33.9 Å². The Bertz CT molecular complexity index is 641. The molecule has 136 valence electrons. The van der Waals surface area contributed by atoms with Gasteiger partial charge in [-0.05, 0) is 19.3 Å². The van der Waals surface area contributed by atoms with E-state index < -0.39 is 0 Å². The molecule has 0 aliphatic heterocycles. The highest BCUT2D eigenvalue weighted by Gasteiger charge is 2.29. The molecule has 25 heavy (non-hydrogen) atoms. The fourth-order valence-electron chi connectivity index (χ4n) is 3.39. The molecule has 0 spiro atoms. The zero-order valence-electron chi connectivity index (χ0n) is 14.5. The second-order valence-electron chi connectivity index (χ2n) is 6.22. The van der Waals surface area contributed by atoms with Gasteiger partial charge in [0.05, 0.1) is 5.69 Å². The SMILES string of the molecule is CCC(Cc1csc(NC(=N)N)n1)N(C(N)=NC#N)C1CCCCC1. The number of nitrogens with two attached hydrogens (primary N) is 2. The molecule has 2 rings (SSSR count). The number of anilines is 1. The van der Waals surface area contributed by atoms with Gasteiger partial charge in [-0.3, -0.25) is 5.41 Å². The molecular weight excluding hydrogens is 336 g/mol. The van der Waals surface area contributed by atoms with Crippen molar-refractivity contribution < 1.29 is 0 Å². The summed E-state index contributed by atoms with van der Waals surface area (Å²) in [5.74, 6) is 0.181. The summed E-state index contributed by atoms with van der Waals surface area (Å²) in [5.41, 5.74) is 12.4. The molecule has 1 atom stereocenters. The number of nitrogens with one attached hydrogen (secondary N) is 2. The van der Waals surface area contributed by atoms with Gasteiger partial charge in [-0.2, -0.15) is 5.26 Å². The lowest BCUT2D eigenvalue weighted by Gasteiger charge is -2.40. The quantitative estimate of drug-likeness (QED) is 0.347. The summed E-state index contributed by atoms with van der Waals surface area (Å²) in [5, 5.41) is 21.5. The summed E-state index contributed by atoms with van der Waals surface area (Å²) in [6.07, 6.45) is 9.18.